The van der Waals surface area contributed by atoms with Gasteiger partial charge in [0, 0.05) is 16.2 Å². The van der Waals surface area contributed by atoms with Gasteiger partial charge in [0.1, 0.15) is 5.75 Å². The van der Waals surface area contributed by atoms with Crippen LogP contribution < -0.4 is 4.74 Å². The van der Waals surface area contributed by atoms with Crippen LogP contribution in [0.25, 0.3) is 0 Å². The number of hydrogen-bond acceptors (Lipinski definition) is 3. The fraction of sp³-hybridized carbons (Fsp3) is 0.133. The highest BCUT2D eigenvalue weighted by molar-refractivity contribution is 7.98. The van der Waals surface area contributed by atoms with Gasteiger partial charge in [-0.2, -0.15) is 0 Å². The number of carbonyl (C=O) groups excluding carboxylic acids is 1. The Kier molecular flexibility index (Phi) is 4.42. The highest BCUT2D eigenvalue weighted by Crippen LogP contribution is 2.28. The summed E-state index contributed by atoms with van der Waals surface area (Å²) in [4.78, 5) is 12.0. The lowest BCUT2D eigenvalue weighted by molar-refractivity contribution is 0.112. The minimum absolute atomic E-state index is 0.676. The number of carbonyl (C=O) groups is 1. The van der Waals surface area contributed by atoms with Crippen molar-refractivity contribution in [1.82, 2.24) is 0 Å². The maximum absolute atomic E-state index is 11.0. The molecule has 0 atom stereocenters. The average Bonchev–Trinajstić information content (AvgIpc) is 2.46. The van der Waals surface area contributed by atoms with Gasteiger partial charge in [0.05, 0.1) is 7.11 Å². The third-order valence-electron chi connectivity index (χ3n) is 2.58. The molecule has 0 aromatic heterocycles. The molecule has 18 heavy (non-hydrogen) atoms. The van der Waals surface area contributed by atoms with E-state index in [0.29, 0.717) is 11.3 Å². The number of methoxy groups -OCH3 is 1. The van der Waals surface area contributed by atoms with Crippen LogP contribution in [0.2, 0.25) is 0 Å². The van der Waals surface area contributed by atoms with Crippen molar-refractivity contribution >= 4 is 18.0 Å². The minimum Gasteiger partial charge on any atom is -0.497 e. The Balaban J connectivity index is 2.12. The molecule has 3 heteroatoms. The molecule has 0 aliphatic heterocycles. The summed E-state index contributed by atoms with van der Waals surface area (Å²) in [6.45, 7) is 0. The first-order valence-corrected chi connectivity index (χ1v) is 6.62. The fourth-order valence-electron chi connectivity index (χ4n) is 1.61. The third-order valence-corrected chi connectivity index (χ3v) is 3.74. The molecule has 92 valence electrons. The van der Waals surface area contributed by atoms with E-state index < -0.39 is 0 Å². The summed E-state index contributed by atoms with van der Waals surface area (Å²) in [6, 6.07) is 15.8. The number of hydrogen-bond donors (Lipinski definition) is 0. The van der Waals surface area contributed by atoms with Gasteiger partial charge in [-0.05, 0) is 23.8 Å². The van der Waals surface area contributed by atoms with E-state index in [-0.39, 0.29) is 0 Å². The molecule has 0 unspecified atom stereocenters. The van der Waals surface area contributed by atoms with E-state index >= 15 is 0 Å². The van der Waals surface area contributed by atoms with Crippen LogP contribution in [0.4, 0.5) is 0 Å². The maximum Gasteiger partial charge on any atom is 0.151 e. The zero-order chi connectivity index (χ0) is 12.8. The summed E-state index contributed by atoms with van der Waals surface area (Å²) >= 11 is 1.66. The topological polar surface area (TPSA) is 26.3 Å². The lowest BCUT2D eigenvalue weighted by Crippen LogP contribution is -1.89. The van der Waals surface area contributed by atoms with Gasteiger partial charge in [-0.3, -0.25) is 4.79 Å². The first-order valence-electron chi connectivity index (χ1n) is 5.63. The van der Waals surface area contributed by atoms with Crippen LogP contribution in [0.3, 0.4) is 0 Å². The second-order valence-electron chi connectivity index (χ2n) is 3.80. The Bertz CT molecular complexity index is 523. The van der Waals surface area contributed by atoms with Crippen molar-refractivity contribution in [2.75, 3.05) is 7.11 Å². The van der Waals surface area contributed by atoms with E-state index in [0.717, 1.165) is 16.9 Å². The molecule has 2 rings (SSSR count). The van der Waals surface area contributed by atoms with Crippen molar-refractivity contribution in [2.24, 2.45) is 0 Å². The Labute approximate surface area is 111 Å². The fourth-order valence-corrected chi connectivity index (χ4v) is 2.56. The number of thioether (sulfide) groups is 1. The molecule has 2 nitrogen and oxygen atoms in total. The lowest BCUT2D eigenvalue weighted by Gasteiger charge is -2.07. The summed E-state index contributed by atoms with van der Waals surface area (Å²) in [6.07, 6.45) is 0.871. The number of aldehydes is 1. The average molecular weight is 258 g/mol. The third kappa shape index (κ3) is 3.14. The van der Waals surface area contributed by atoms with Gasteiger partial charge in [-0.1, -0.05) is 30.3 Å². The summed E-state index contributed by atoms with van der Waals surface area (Å²) in [5, 5.41) is 0. The van der Waals surface area contributed by atoms with E-state index in [9.17, 15) is 4.79 Å². The van der Waals surface area contributed by atoms with Gasteiger partial charge in [-0.15, -0.1) is 11.8 Å². The van der Waals surface area contributed by atoms with Crippen molar-refractivity contribution in [3.63, 3.8) is 0 Å². The molecule has 0 spiro atoms. The first kappa shape index (κ1) is 12.7. The number of rotatable bonds is 5. The van der Waals surface area contributed by atoms with Crippen molar-refractivity contribution in [1.29, 1.82) is 0 Å². The zero-order valence-corrected chi connectivity index (χ0v) is 10.9. The predicted octanol–water partition coefficient (Wildman–Crippen LogP) is 3.80. The summed E-state index contributed by atoms with van der Waals surface area (Å²) in [5.74, 6) is 1.56. The Morgan fingerprint density at radius 3 is 2.61 bits per heavy atom. The molecule has 0 aliphatic rings. The molecular formula is C15H14O2S. The molecule has 0 saturated carbocycles. The largest absolute Gasteiger partial charge is 0.497 e. The second-order valence-corrected chi connectivity index (χ2v) is 4.81. The smallest absolute Gasteiger partial charge is 0.151 e. The van der Waals surface area contributed by atoms with Crippen LogP contribution in [0.1, 0.15) is 15.9 Å². The number of ether oxygens (including phenoxy) is 1. The van der Waals surface area contributed by atoms with Crippen LogP contribution in [-0.4, -0.2) is 13.4 Å². The zero-order valence-electron chi connectivity index (χ0n) is 10.1. The Morgan fingerprint density at radius 2 is 1.94 bits per heavy atom. The molecule has 0 fully saturated rings. The summed E-state index contributed by atoms with van der Waals surface area (Å²) < 4.78 is 5.11. The second kappa shape index (κ2) is 6.26. The molecular weight excluding hydrogens is 244 g/mol. The van der Waals surface area contributed by atoms with E-state index in [1.165, 1.54) is 5.56 Å². The Hall–Kier alpha value is -1.74. The van der Waals surface area contributed by atoms with Gasteiger partial charge in [0.25, 0.3) is 0 Å². The monoisotopic (exact) mass is 258 g/mol. The van der Waals surface area contributed by atoms with Gasteiger partial charge >= 0.3 is 0 Å². The highest BCUT2D eigenvalue weighted by Gasteiger charge is 2.04. The van der Waals surface area contributed by atoms with Gasteiger partial charge in [0.2, 0.25) is 0 Å². The van der Waals surface area contributed by atoms with Crippen LogP contribution in [0, 0.1) is 0 Å². The van der Waals surface area contributed by atoms with Crippen LogP contribution in [0.5, 0.6) is 5.75 Å². The SMILES string of the molecule is COc1ccc(SCc2ccccc2)c(C=O)c1. The molecule has 0 amide bonds. The van der Waals surface area contributed by atoms with Crippen molar-refractivity contribution in [3.8, 4) is 5.75 Å². The van der Waals surface area contributed by atoms with Crippen LogP contribution in [-0.2, 0) is 5.75 Å². The maximum atomic E-state index is 11.0. The van der Waals surface area contributed by atoms with E-state index in [4.69, 9.17) is 4.74 Å². The normalized spacial score (nSPS) is 10.1. The molecule has 0 saturated heterocycles. The van der Waals surface area contributed by atoms with Gasteiger partial charge < -0.3 is 4.74 Å². The van der Waals surface area contributed by atoms with Crippen molar-refractivity contribution < 1.29 is 9.53 Å². The molecule has 0 aliphatic carbocycles. The van der Waals surface area contributed by atoms with Crippen LogP contribution >= 0.6 is 11.8 Å². The standard InChI is InChI=1S/C15H14O2S/c1-17-14-7-8-15(13(9-14)10-16)18-11-12-5-3-2-4-6-12/h2-10H,11H2,1H3. The number of benzene rings is 2. The first-order chi connectivity index (χ1) is 8.83. The van der Waals surface area contributed by atoms with Crippen molar-refractivity contribution in [2.45, 2.75) is 10.6 Å². The molecule has 0 heterocycles. The minimum atomic E-state index is 0.676. The molecule has 0 N–H and O–H groups in total. The van der Waals surface area contributed by atoms with E-state index in [1.54, 1.807) is 24.9 Å². The highest BCUT2D eigenvalue weighted by atomic mass is 32.2. The molecule has 0 bridgehead atoms. The molecule has 2 aromatic carbocycles. The Morgan fingerprint density at radius 1 is 1.17 bits per heavy atom. The summed E-state index contributed by atoms with van der Waals surface area (Å²) in [5.41, 5.74) is 1.92. The molecule has 2 aromatic rings. The van der Waals surface area contributed by atoms with Gasteiger partial charge in [-0.25, -0.2) is 0 Å². The molecule has 0 radical (unpaired) electrons. The van der Waals surface area contributed by atoms with Crippen molar-refractivity contribution in [3.05, 3.63) is 59.7 Å². The quantitative estimate of drug-likeness (QED) is 0.602. The van der Waals surface area contributed by atoms with Crippen LogP contribution in [0.15, 0.2) is 53.4 Å². The van der Waals surface area contributed by atoms with E-state index in [1.807, 2.05) is 30.3 Å². The predicted molar refractivity (Wildman–Crippen MR) is 74.4 cm³/mol. The lowest BCUT2D eigenvalue weighted by atomic mass is 10.2. The summed E-state index contributed by atoms with van der Waals surface area (Å²) in [7, 11) is 1.60. The van der Waals surface area contributed by atoms with Gasteiger partial charge in [0.15, 0.2) is 6.29 Å². The van der Waals surface area contributed by atoms with E-state index in [2.05, 4.69) is 12.1 Å².